The van der Waals surface area contributed by atoms with Crippen LogP contribution in [0.15, 0.2) is 124 Å². The van der Waals surface area contributed by atoms with Gasteiger partial charge in [-0.2, -0.15) is 0 Å². The van der Waals surface area contributed by atoms with E-state index in [1.165, 1.54) is 17.8 Å². The molecule has 0 fully saturated rings. The van der Waals surface area contributed by atoms with Crippen molar-refractivity contribution in [1.82, 2.24) is 5.32 Å². The lowest BCUT2D eigenvalue weighted by Gasteiger charge is -2.11. The number of anilines is 2. The van der Waals surface area contributed by atoms with Crippen molar-refractivity contribution in [2.24, 2.45) is 0 Å². The minimum Gasteiger partial charge on any atom is -0.457 e. The maximum absolute atomic E-state index is 13.4. The highest BCUT2D eigenvalue weighted by Crippen LogP contribution is 2.25. The Labute approximate surface area is 270 Å². The van der Waals surface area contributed by atoms with Gasteiger partial charge in [0.2, 0.25) is 5.91 Å². The normalized spacial score (nSPS) is 11.1. The van der Waals surface area contributed by atoms with Crippen LogP contribution in [-0.4, -0.2) is 23.5 Å². The van der Waals surface area contributed by atoms with Gasteiger partial charge in [0, 0.05) is 38.5 Å². The van der Waals surface area contributed by atoms with E-state index in [0.717, 1.165) is 21.6 Å². The van der Waals surface area contributed by atoms with E-state index in [0.29, 0.717) is 33.5 Å². The minimum atomic E-state index is -0.524. The van der Waals surface area contributed by atoms with Crippen molar-refractivity contribution in [2.45, 2.75) is 18.7 Å². The number of furan rings is 1. The highest BCUT2D eigenvalue weighted by molar-refractivity contribution is 8.00. The Morgan fingerprint density at radius 2 is 1.56 bits per heavy atom. The molecular weight excluding hydrogens is 606 g/mol. The van der Waals surface area contributed by atoms with Gasteiger partial charge in [0.25, 0.3) is 11.8 Å². The van der Waals surface area contributed by atoms with Gasteiger partial charge in [0.05, 0.1) is 5.75 Å². The number of nitrogens with one attached hydrogen (secondary N) is 3. The Morgan fingerprint density at radius 3 is 2.29 bits per heavy atom. The van der Waals surface area contributed by atoms with Crippen LogP contribution in [0.3, 0.4) is 0 Å². The first kappa shape index (κ1) is 31.4. The van der Waals surface area contributed by atoms with E-state index in [1.807, 2.05) is 68.4 Å². The van der Waals surface area contributed by atoms with Crippen molar-refractivity contribution in [3.8, 4) is 11.3 Å². The van der Waals surface area contributed by atoms with Crippen LogP contribution < -0.4 is 16.0 Å². The Kier molecular flexibility index (Phi) is 10.2. The Balaban J connectivity index is 1.26. The molecule has 0 unspecified atom stereocenters. The summed E-state index contributed by atoms with van der Waals surface area (Å²) in [5, 5.41) is 8.99. The number of amides is 3. The maximum atomic E-state index is 13.4. The number of thioether (sulfide) groups is 1. The van der Waals surface area contributed by atoms with E-state index in [4.69, 9.17) is 16.0 Å². The second kappa shape index (κ2) is 14.6. The average Bonchev–Trinajstić information content (AvgIpc) is 3.51. The highest BCUT2D eigenvalue weighted by atomic mass is 35.5. The summed E-state index contributed by atoms with van der Waals surface area (Å²) in [5.74, 6) is 0.130. The standard InChI is InChI=1S/C36H30ClN3O4S/c1-23-8-11-25(12-9-23)33-19-16-29(44-33)21-32(40-35(42)26-6-4-3-5-7-26)36(43)38-28-14-17-30(18-15-28)45-22-34(41)39-31-20-27(37)13-10-24(31)2/h3-21H,22H2,1-2H3,(H,38,43)(H,39,41)(H,40,42)/b32-21-. The van der Waals surface area contributed by atoms with Gasteiger partial charge in [-0.3, -0.25) is 14.4 Å². The molecule has 0 radical (unpaired) electrons. The molecule has 0 aliphatic heterocycles. The van der Waals surface area contributed by atoms with E-state index in [1.54, 1.807) is 54.6 Å². The number of rotatable bonds is 10. The molecule has 1 aromatic heterocycles. The van der Waals surface area contributed by atoms with Gasteiger partial charge in [-0.1, -0.05) is 65.7 Å². The van der Waals surface area contributed by atoms with Crippen LogP contribution in [0.1, 0.15) is 27.2 Å². The third-order valence-corrected chi connectivity index (χ3v) is 7.98. The fraction of sp³-hybridized carbons (Fsp3) is 0.0833. The molecule has 0 saturated heterocycles. The summed E-state index contributed by atoms with van der Waals surface area (Å²) < 4.78 is 5.99. The largest absolute Gasteiger partial charge is 0.457 e. The minimum absolute atomic E-state index is 0.0140. The van der Waals surface area contributed by atoms with Crippen LogP contribution in [0, 0.1) is 13.8 Å². The van der Waals surface area contributed by atoms with E-state index < -0.39 is 11.8 Å². The SMILES string of the molecule is Cc1ccc(-c2ccc(/C=C(\NC(=O)c3ccccc3)C(=O)Nc3ccc(SCC(=O)Nc4cc(Cl)ccc4C)cc3)o2)cc1. The average molecular weight is 636 g/mol. The van der Waals surface area contributed by atoms with Crippen LogP contribution in [-0.2, 0) is 9.59 Å². The molecule has 1 heterocycles. The number of aryl methyl sites for hydroxylation is 2. The maximum Gasteiger partial charge on any atom is 0.272 e. The summed E-state index contributed by atoms with van der Waals surface area (Å²) >= 11 is 7.41. The molecule has 9 heteroatoms. The summed E-state index contributed by atoms with van der Waals surface area (Å²) in [5.41, 5.74) is 4.57. The van der Waals surface area contributed by atoms with Gasteiger partial charge >= 0.3 is 0 Å². The smallest absolute Gasteiger partial charge is 0.272 e. The fourth-order valence-electron chi connectivity index (χ4n) is 4.29. The van der Waals surface area contributed by atoms with E-state index in [9.17, 15) is 14.4 Å². The predicted molar refractivity (Wildman–Crippen MR) is 181 cm³/mol. The zero-order valence-corrected chi connectivity index (χ0v) is 26.2. The lowest BCUT2D eigenvalue weighted by atomic mass is 10.1. The summed E-state index contributed by atoms with van der Waals surface area (Å²) in [4.78, 5) is 39.7. The first-order valence-corrected chi connectivity index (χ1v) is 15.4. The summed E-state index contributed by atoms with van der Waals surface area (Å²) in [6, 6.07) is 32.5. The molecule has 0 aliphatic rings. The molecule has 0 saturated carbocycles. The lowest BCUT2D eigenvalue weighted by Crippen LogP contribution is -2.30. The van der Waals surface area contributed by atoms with Gasteiger partial charge in [0.15, 0.2) is 0 Å². The lowest BCUT2D eigenvalue weighted by molar-refractivity contribution is -0.114. The van der Waals surface area contributed by atoms with Crippen LogP contribution in [0.25, 0.3) is 17.4 Å². The molecule has 3 amide bonds. The second-order valence-corrected chi connectivity index (χ2v) is 11.7. The number of carbonyl (C=O) groups is 3. The predicted octanol–water partition coefficient (Wildman–Crippen LogP) is 8.36. The number of hydrogen-bond acceptors (Lipinski definition) is 5. The fourth-order valence-corrected chi connectivity index (χ4v) is 5.16. The van der Waals surface area contributed by atoms with Crippen molar-refractivity contribution in [1.29, 1.82) is 0 Å². The Hall–Kier alpha value is -5.05. The van der Waals surface area contributed by atoms with Crippen molar-refractivity contribution in [2.75, 3.05) is 16.4 Å². The van der Waals surface area contributed by atoms with Gasteiger partial charge in [-0.25, -0.2) is 0 Å². The zero-order chi connectivity index (χ0) is 31.8. The molecule has 7 nitrogen and oxygen atoms in total. The van der Waals surface area contributed by atoms with Gasteiger partial charge in [-0.05, 0) is 80.1 Å². The van der Waals surface area contributed by atoms with Crippen LogP contribution >= 0.6 is 23.4 Å². The van der Waals surface area contributed by atoms with E-state index >= 15 is 0 Å². The van der Waals surface area contributed by atoms with Crippen LogP contribution in [0.4, 0.5) is 11.4 Å². The molecular formula is C36H30ClN3O4S. The first-order chi connectivity index (χ1) is 21.7. The Bertz CT molecular complexity index is 1850. The second-order valence-electron chi connectivity index (χ2n) is 10.2. The molecule has 4 aromatic carbocycles. The molecule has 3 N–H and O–H groups in total. The molecule has 5 aromatic rings. The highest BCUT2D eigenvalue weighted by Gasteiger charge is 2.17. The summed E-state index contributed by atoms with van der Waals surface area (Å²) in [6.07, 6.45) is 1.50. The molecule has 5 rings (SSSR count). The van der Waals surface area contributed by atoms with Crippen molar-refractivity contribution >= 4 is 58.5 Å². The third kappa shape index (κ3) is 8.75. The number of carbonyl (C=O) groups excluding carboxylic acids is 3. The molecule has 45 heavy (non-hydrogen) atoms. The number of halogens is 1. The molecule has 226 valence electrons. The Morgan fingerprint density at radius 1 is 0.822 bits per heavy atom. The zero-order valence-electron chi connectivity index (χ0n) is 24.6. The van der Waals surface area contributed by atoms with Crippen LogP contribution in [0.5, 0.6) is 0 Å². The number of benzene rings is 4. The van der Waals surface area contributed by atoms with Crippen molar-refractivity contribution in [3.05, 3.63) is 142 Å². The van der Waals surface area contributed by atoms with E-state index in [-0.39, 0.29) is 17.4 Å². The quantitative estimate of drug-likeness (QED) is 0.106. The topological polar surface area (TPSA) is 100 Å². The van der Waals surface area contributed by atoms with E-state index in [2.05, 4.69) is 16.0 Å². The monoisotopic (exact) mass is 635 g/mol. The summed E-state index contributed by atoms with van der Waals surface area (Å²) in [6.45, 7) is 3.91. The summed E-state index contributed by atoms with van der Waals surface area (Å²) in [7, 11) is 0. The van der Waals surface area contributed by atoms with Gasteiger partial charge in [0.1, 0.15) is 17.2 Å². The van der Waals surface area contributed by atoms with Crippen molar-refractivity contribution < 1.29 is 18.8 Å². The molecule has 0 bridgehead atoms. The molecule has 0 atom stereocenters. The first-order valence-electron chi connectivity index (χ1n) is 14.1. The number of hydrogen-bond donors (Lipinski definition) is 3. The third-order valence-electron chi connectivity index (χ3n) is 6.73. The van der Waals surface area contributed by atoms with Crippen molar-refractivity contribution in [3.63, 3.8) is 0 Å². The van der Waals surface area contributed by atoms with Gasteiger partial charge < -0.3 is 20.4 Å². The molecule has 0 spiro atoms. The van der Waals surface area contributed by atoms with Gasteiger partial charge in [-0.15, -0.1) is 11.8 Å². The molecule has 0 aliphatic carbocycles. The van der Waals surface area contributed by atoms with Crippen LogP contribution in [0.2, 0.25) is 5.02 Å².